The molecule has 0 saturated carbocycles. The average molecular weight is 380 g/mol. The number of oxime groups is 1. The van der Waals surface area contributed by atoms with Crippen LogP contribution in [0.2, 0.25) is 0 Å². The molecule has 0 bridgehead atoms. The molecule has 0 saturated heterocycles. The fourth-order valence-electron chi connectivity index (χ4n) is 4.32. The maximum absolute atomic E-state index is 13.0. The number of hydrogen-bond acceptors (Lipinski definition) is 4. The number of carbonyl (C=O) groups excluding carboxylic acids is 1. The van der Waals surface area contributed by atoms with Gasteiger partial charge in [-0.15, -0.1) is 0 Å². The van der Waals surface area contributed by atoms with Gasteiger partial charge in [-0.1, -0.05) is 48.8 Å². The highest BCUT2D eigenvalue weighted by molar-refractivity contribution is 6.23. The Morgan fingerprint density at radius 3 is 2.50 bits per heavy atom. The van der Waals surface area contributed by atoms with Crippen molar-refractivity contribution in [1.82, 2.24) is 0 Å². The van der Waals surface area contributed by atoms with Gasteiger partial charge in [-0.2, -0.15) is 0 Å². The van der Waals surface area contributed by atoms with E-state index in [1.165, 1.54) is 27.5 Å². The van der Waals surface area contributed by atoms with E-state index in [4.69, 9.17) is 4.84 Å². The molecular weight excluding hydrogens is 350 g/mol. The molecule has 148 valence electrons. The molecule has 2 aromatic carbocycles. The number of hydrogen-bond donors (Lipinski definition) is 1. The van der Waals surface area contributed by atoms with Crippen LogP contribution in [0.4, 0.5) is 0 Å². The fourth-order valence-corrected chi connectivity index (χ4v) is 4.32. The summed E-state index contributed by atoms with van der Waals surface area (Å²) < 4.78 is 0. The first-order valence-corrected chi connectivity index (χ1v) is 10.1. The number of benzene rings is 2. The number of allylic oxidation sites excluding steroid dienone is 2. The molecule has 0 aromatic heterocycles. The normalized spacial score (nSPS) is 18.1. The average Bonchev–Trinajstić information content (AvgIpc) is 2.65. The molecular formula is C24H29NO3. The molecule has 0 radical (unpaired) electrons. The van der Waals surface area contributed by atoms with E-state index >= 15 is 0 Å². The first kappa shape index (κ1) is 20.1. The van der Waals surface area contributed by atoms with Gasteiger partial charge in [-0.25, -0.2) is 0 Å². The predicted octanol–water partition coefficient (Wildman–Crippen LogP) is 5.91. The van der Waals surface area contributed by atoms with Crippen molar-refractivity contribution in [2.24, 2.45) is 5.16 Å². The van der Waals surface area contributed by atoms with Gasteiger partial charge in [0, 0.05) is 12.8 Å². The summed E-state index contributed by atoms with van der Waals surface area (Å²) in [5.41, 5.74) is 4.49. The van der Waals surface area contributed by atoms with Crippen LogP contribution in [0.3, 0.4) is 0 Å². The van der Waals surface area contributed by atoms with Crippen LogP contribution in [0, 0.1) is 13.8 Å². The topological polar surface area (TPSA) is 58.9 Å². The third-order valence-electron chi connectivity index (χ3n) is 5.43. The van der Waals surface area contributed by atoms with Crippen molar-refractivity contribution < 1.29 is 14.7 Å². The number of aryl methyl sites for hydroxylation is 2. The summed E-state index contributed by atoms with van der Waals surface area (Å²) in [5.74, 6) is 0.0543. The van der Waals surface area contributed by atoms with E-state index in [1.54, 1.807) is 0 Å². The molecule has 4 heteroatoms. The molecule has 1 aliphatic rings. The van der Waals surface area contributed by atoms with Crippen LogP contribution in [0.25, 0.3) is 10.8 Å². The summed E-state index contributed by atoms with van der Waals surface area (Å²) in [6, 6.07) is 10.5. The van der Waals surface area contributed by atoms with E-state index in [0.29, 0.717) is 37.2 Å². The molecule has 0 spiro atoms. The van der Waals surface area contributed by atoms with Gasteiger partial charge in [0.2, 0.25) is 0 Å². The standard InChI is InChI=1S/C24H29NO3/c1-5-9-20(25-28-6-2)24-21(26)13-17(14-22(24)27)23-16(4)12-15(3)18-10-7-8-11-19(18)23/h7-8,10-12,17,26H,5-6,9,13-14H2,1-4H3/b25-20+. The second-order valence-electron chi connectivity index (χ2n) is 7.53. The largest absolute Gasteiger partial charge is 0.511 e. The Kier molecular flexibility index (Phi) is 6.18. The predicted molar refractivity (Wildman–Crippen MR) is 114 cm³/mol. The summed E-state index contributed by atoms with van der Waals surface area (Å²) in [6.07, 6.45) is 2.27. The van der Waals surface area contributed by atoms with Crippen molar-refractivity contribution in [2.45, 2.75) is 59.3 Å². The molecule has 1 atom stereocenters. The monoisotopic (exact) mass is 379 g/mol. The molecule has 1 N–H and O–H groups in total. The zero-order chi connectivity index (χ0) is 20.3. The summed E-state index contributed by atoms with van der Waals surface area (Å²) in [5, 5.41) is 17.3. The molecule has 4 nitrogen and oxygen atoms in total. The minimum atomic E-state index is -0.0512. The summed E-state index contributed by atoms with van der Waals surface area (Å²) in [7, 11) is 0. The van der Waals surface area contributed by atoms with Gasteiger partial charge in [-0.05, 0) is 60.6 Å². The summed E-state index contributed by atoms with van der Waals surface area (Å²) in [4.78, 5) is 18.2. The summed E-state index contributed by atoms with van der Waals surface area (Å²) >= 11 is 0. The van der Waals surface area contributed by atoms with E-state index in [-0.39, 0.29) is 17.5 Å². The van der Waals surface area contributed by atoms with Crippen LogP contribution in [0.5, 0.6) is 0 Å². The lowest BCUT2D eigenvalue weighted by molar-refractivity contribution is -0.116. The lowest BCUT2D eigenvalue weighted by atomic mass is 9.77. The minimum absolute atomic E-state index is 0.0308. The highest BCUT2D eigenvalue weighted by atomic mass is 16.6. The zero-order valence-electron chi connectivity index (χ0n) is 17.2. The molecule has 0 aliphatic heterocycles. The number of nitrogens with zero attached hydrogens (tertiary/aromatic N) is 1. The number of aliphatic hydroxyl groups excluding tert-OH is 1. The number of fused-ring (bicyclic) bond motifs is 1. The second kappa shape index (κ2) is 8.59. The van der Waals surface area contributed by atoms with E-state index in [2.05, 4.69) is 37.2 Å². The quantitative estimate of drug-likeness (QED) is 0.501. The van der Waals surface area contributed by atoms with Crippen molar-refractivity contribution >= 4 is 22.3 Å². The highest BCUT2D eigenvalue weighted by Crippen LogP contribution is 2.40. The van der Waals surface area contributed by atoms with Gasteiger partial charge in [0.05, 0.1) is 11.3 Å². The van der Waals surface area contributed by atoms with E-state index in [9.17, 15) is 9.90 Å². The Hall–Kier alpha value is -2.62. The number of Topliss-reactive ketones (excluding diaryl/α,β-unsaturated/α-hetero) is 1. The highest BCUT2D eigenvalue weighted by Gasteiger charge is 2.33. The third-order valence-corrected chi connectivity index (χ3v) is 5.43. The van der Waals surface area contributed by atoms with Gasteiger partial charge < -0.3 is 9.94 Å². The first-order valence-electron chi connectivity index (χ1n) is 10.1. The van der Waals surface area contributed by atoms with Gasteiger partial charge in [-0.3, -0.25) is 4.79 Å². The first-order chi connectivity index (χ1) is 13.5. The minimum Gasteiger partial charge on any atom is -0.511 e. The lowest BCUT2D eigenvalue weighted by Gasteiger charge is -2.27. The molecule has 0 amide bonds. The van der Waals surface area contributed by atoms with Crippen molar-refractivity contribution in [2.75, 3.05) is 6.61 Å². The number of ketones is 1. The van der Waals surface area contributed by atoms with E-state index in [0.717, 1.165) is 6.42 Å². The van der Waals surface area contributed by atoms with Crippen LogP contribution in [0.15, 0.2) is 46.8 Å². The zero-order valence-corrected chi connectivity index (χ0v) is 17.2. The molecule has 3 rings (SSSR count). The Morgan fingerprint density at radius 1 is 1.14 bits per heavy atom. The Bertz CT molecular complexity index is 956. The molecule has 0 fully saturated rings. The van der Waals surface area contributed by atoms with Crippen molar-refractivity contribution in [3.05, 3.63) is 58.4 Å². The Labute approximate surface area is 166 Å². The second-order valence-corrected chi connectivity index (χ2v) is 7.53. The smallest absolute Gasteiger partial charge is 0.168 e. The van der Waals surface area contributed by atoms with Crippen LogP contribution in [-0.4, -0.2) is 23.2 Å². The molecule has 0 heterocycles. The van der Waals surface area contributed by atoms with Gasteiger partial charge in [0.1, 0.15) is 12.4 Å². The number of carbonyl (C=O) groups is 1. The van der Waals surface area contributed by atoms with Gasteiger partial charge in [0.15, 0.2) is 5.78 Å². The molecule has 1 aliphatic carbocycles. The molecule has 2 aromatic rings. The van der Waals surface area contributed by atoms with Crippen molar-refractivity contribution in [3.8, 4) is 0 Å². The molecule has 1 unspecified atom stereocenters. The van der Waals surface area contributed by atoms with Crippen LogP contribution in [-0.2, 0) is 9.63 Å². The Balaban J connectivity index is 2.04. The lowest BCUT2D eigenvalue weighted by Crippen LogP contribution is -2.24. The van der Waals surface area contributed by atoms with Crippen LogP contribution >= 0.6 is 0 Å². The summed E-state index contributed by atoms with van der Waals surface area (Å²) in [6.45, 7) is 8.52. The number of rotatable bonds is 6. The number of aliphatic hydroxyl groups is 1. The van der Waals surface area contributed by atoms with Crippen LogP contribution < -0.4 is 0 Å². The third kappa shape index (κ3) is 3.82. The molecule has 28 heavy (non-hydrogen) atoms. The Morgan fingerprint density at radius 2 is 1.86 bits per heavy atom. The SMILES string of the molecule is CCC/C(=N\OCC)C1=C(O)CC(c2c(C)cc(C)c3ccccc23)CC1=O. The van der Waals surface area contributed by atoms with Crippen molar-refractivity contribution in [1.29, 1.82) is 0 Å². The van der Waals surface area contributed by atoms with Gasteiger partial charge in [0.25, 0.3) is 0 Å². The maximum atomic E-state index is 13.0. The fraction of sp³-hybridized carbons (Fsp3) is 0.417. The van der Waals surface area contributed by atoms with Gasteiger partial charge >= 0.3 is 0 Å². The van der Waals surface area contributed by atoms with Crippen molar-refractivity contribution in [3.63, 3.8) is 0 Å². The van der Waals surface area contributed by atoms with E-state index in [1.807, 2.05) is 26.0 Å². The maximum Gasteiger partial charge on any atom is 0.168 e. The van der Waals surface area contributed by atoms with Crippen LogP contribution in [0.1, 0.15) is 62.1 Å². The van der Waals surface area contributed by atoms with E-state index < -0.39 is 0 Å².